The van der Waals surface area contributed by atoms with Gasteiger partial charge in [-0.15, -0.1) is 0 Å². The lowest BCUT2D eigenvalue weighted by Crippen LogP contribution is -2.22. The van der Waals surface area contributed by atoms with Gasteiger partial charge in [-0.1, -0.05) is 36.4 Å². The zero-order valence-corrected chi connectivity index (χ0v) is 12.4. The molecule has 114 valence electrons. The minimum absolute atomic E-state index is 0.139. The Balaban J connectivity index is 1.65. The Morgan fingerprint density at radius 1 is 0.870 bits per heavy atom. The van der Waals surface area contributed by atoms with Crippen molar-refractivity contribution in [3.63, 3.8) is 0 Å². The largest absolute Gasteiger partial charge is 0.348 e. The van der Waals surface area contributed by atoms with Gasteiger partial charge in [-0.2, -0.15) is 0 Å². The van der Waals surface area contributed by atoms with E-state index in [4.69, 9.17) is 0 Å². The highest BCUT2D eigenvalue weighted by molar-refractivity contribution is 5.94. The lowest BCUT2D eigenvalue weighted by molar-refractivity contribution is 0.0951. The average molecular weight is 304 g/mol. The minimum Gasteiger partial charge on any atom is -0.348 e. The molecule has 0 aliphatic carbocycles. The molecule has 0 fully saturated rings. The summed E-state index contributed by atoms with van der Waals surface area (Å²) < 4.78 is 0. The number of aromatic nitrogens is 2. The molecule has 2 N–H and O–H groups in total. The fraction of sp³-hybridized carbons (Fsp3) is 0.0556. The number of hydrogen-bond acceptors (Lipinski definition) is 4. The van der Waals surface area contributed by atoms with E-state index < -0.39 is 0 Å². The van der Waals surface area contributed by atoms with Crippen LogP contribution in [0, 0.1) is 0 Å². The summed E-state index contributed by atoms with van der Waals surface area (Å²) in [5.74, 6) is 1.12. The molecule has 0 unspecified atom stereocenters. The molecule has 0 saturated carbocycles. The first-order valence-electron chi connectivity index (χ1n) is 7.27. The van der Waals surface area contributed by atoms with Crippen LogP contribution in [0.3, 0.4) is 0 Å². The number of carbonyl (C=O) groups excluding carboxylic acids is 1. The summed E-state index contributed by atoms with van der Waals surface area (Å²) in [7, 11) is 0. The van der Waals surface area contributed by atoms with Gasteiger partial charge in [0.1, 0.15) is 11.6 Å². The van der Waals surface area contributed by atoms with Crippen LogP contribution in [0.4, 0.5) is 11.6 Å². The topological polar surface area (TPSA) is 66.9 Å². The van der Waals surface area contributed by atoms with Gasteiger partial charge in [0.25, 0.3) is 5.91 Å². The Morgan fingerprint density at radius 3 is 2.43 bits per heavy atom. The van der Waals surface area contributed by atoms with Crippen LogP contribution < -0.4 is 10.6 Å². The zero-order chi connectivity index (χ0) is 15.9. The van der Waals surface area contributed by atoms with Gasteiger partial charge in [-0.3, -0.25) is 4.79 Å². The SMILES string of the molecule is O=C(NCc1ccccc1)c1ccnc(Nc2ccccn2)c1. The van der Waals surface area contributed by atoms with Crippen LogP contribution in [0.2, 0.25) is 0 Å². The highest BCUT2D eigenvalue weighted by Gasteiger charge is 2.07. The Bertz CT molecular complexity index is 775. The molecule has 0 atom stereocenters. The first-order valence-corrected chi connectivity index (χ1v) is 7.27. The maximum Gasteiger partial charge on any atom is 0.251 e. The minimum atomic E-state index is -0.139. The third kappa shape index (κ3) is 4.14. The van der Waals surface area contributed by atoms with E-state index in [1.54, 1.807) is 24.5 Å². The van der Waals surface area contributed by atoms with Crippen molar-refractivity contribution in [1.29, 1.82) is 0 Å². The molecular weight excluding hydrogens is 288 g/mol. The maximum atomic E-state index is 12.2. The van der Waals surface area contributed by atoms with E-state index in [-0.39, 0.29) is 5.91 Å². The summed E-state index contributed by atoms with van der Waals surface area (Å²) >= 11 is 0. The van der Waals surface area contributed by atoms with Gasteiger partial charge in [0.15, 0.2) is 0 Å². The monoisotopic (exact) mass is 304 g/mol. The van der Waals surface area contributed by atoms with Crippen molar-refractivity contribution in [1.82, 2.24) is 15.3 Å². The molecule has 2 aromatic heterocycles. The molecule has 5 nitrogen and oxygen atoms in total. The third-order valence-electron chi connectivity index (χ3n) is 3.24. The van der Waals surface area contributed by atoms with Crippen molar-refractivity contribution in [3.05, 3.63) is 84.2 Å². The molecule has 0 radical (unpaired) electrons. The van der Waals surface area contributed by atoms with Gasteiger partial charge in [-0.05, 0) is 29.8 Å². The first-order chi connectivity index (χ1) is 11.3. The van der Waals surface area contributed by atoms with Gasteiger partial charge in [0.2, 0.25) is 0 Å². The Labute approximate surface area is 134 Å². The van der Waals surface area contributed by atoms with Gasteiger partial charge in [0.05, 0.1) is 0 Å². The molecule has 0 aliphatic rings. The summed E-state index contributed by atoms with van der Waals surface area (Å²) in [4.78, 5) is 20.6. The molecule has 5 heteroatoms. The van der Waals surface area contributed by atoms with Crippen molar-refractivity contribution in [3.8, 4) is 0 Å². The quantitative estimate of drug-likeness (QED) is 0.760. The second kappa shape index (κ2) is 7.17. The van der Waals surface area contributed by atoms with Crippen LogP contribution in [0.1, 0.15) is 15.9 Å². The Hall–Kier alpha value is -3.21. The summed E-state index contributed by atoms with van der Waals surface area (Å²) in [5.41, 5.74) is 1.61. The predicted octanol–water partition coefficient (Wildman–Crippen LogP) is 3.15. The number of nitrogens with one attached hydrogen (secondary N) is 2. The smallest absolute Gasteiger partial charge is 0.251 e. The lowest BCUT2D eigenvalue weighted by atomic mass is 10.2. The molecule has 2 heterocycles. The molecule has 0 bridgehead atoms. The number of carbonyl (C=O) groups is 1. The summed E-state index contributed by atoms with van der Waals surface area (Å²) in [6.07, 6.45) is 3.29. The van der Waals surface area contributed by atoms with Gasteiger partial charge in [0, 0.05) is 24.5 Å². The molecule has 0 saturated heterocycles. The van der Waals surface area contributed by atoms with Crippen molar-refractivity contribution in [2.75, 3.05) is 5.32 Å². The second-order valence-corrected chi connectivity index (χ2v) is 4.94. The molecule has 3 aromatic rings. The van der Waals surface area contributed by atoms with Crippen molar-refractivity contribution < 1.29 is 4.79 Å². The molecule has 1 amide bonds. The van der Waals surface area contributed by atoms with E-state index in [2.05, 4.69) is 20.6 Å². The lowest BCUT2D eigenvalue weighted by Gasteiger charge is -2.08. The molecular formula is C18H16N4O. The van der Waals surface area contributed by atoms with E-state index in [1.807, 2.05) is 48.5 Å². The highest BCUT2D eigenvalue weighted by atomic mass is 16.1. The molecule has 0 aliphatic heterocycles. The van der Waals surface area contributed by atoms with Crippen molar-refractivity contribution in [2.45, 2.75) is 6.54 Å². The fourth-order valence-electron chi connectivity index (χ4n) is 2.09. The van der Waals surface area contributed by atoms with E-state index >= 15 is 0 Å². The second-order valence-electron chi connectivity index (χ2n) is 4.94. The summed E-state index contributed by atoms with van der Waals surface area (Å²) in [5, 5.41) is 5.97. The summed E-state index contributed by atoms with van der Waals surface area (Å²) in [6, 6.07) is 18.7. The van der Waals surface area contributed by atoms with Crippen LogP contribution in [0.25, 0.3) is 0 Å². The molecule has 0 spiro atoms. The number of nitrogens with zero attached hydrogens (tertiary/aromatic N) is 2. The van der Waals surface area contributed by atoms with Crippen LogP contribution in [0.15, 0.2) is 73.1 Å². The van der Waals surface area contributed by atoms with Crippen LogP contribution in [0.5, 0.6) is 0 Å². The van der Waals surface area contributed by atoms with Gasteiger partial charge < -0.3 is 10.6 Å². The average Bonchev–Trinajstić information content (AvgIpc) is 2.62. The molecule has 3 rings (SSSR count). The molecule has 23 heavy (non-hydrogen) atoms. The Morgan fingerprint density at radius 2 is 1.65 bits per heavy atom. The van der Waals surface area contributed by atoms with Gasteiger partial charge in [-0.25, -0.2) is 9.97 Å². The predicted molar refractivity (Wildman–Crippen MR) is 89.4 cm³/mol. The number of anilines is 2. The van der Waals surface area contributed by atoms with E-state index in [0.29, 0.717) is 23.7 Å². The number of benzene rings is 1. The fourth-order valence-corrected chi connectivity index (χ4v) is 2.09. The maximum absolute atomic E-state index is 12.2. The van der Waals surface area contributed by atoms with E-state index in [0.717, 1.165) is 5.56 Å². The number of pyridine rings is 2. The Kier molecular flexibility index (Phi) is 4.59. The third-order valence-corrected chi connectivity index (χ3v) is 3.24. The zero-order valence-electron chi connectivity index (χ0n) is 12.4. The van der Waals surface area contributed by atoms with Crippen molar-refractivity contribution in [2.24, 2.45) is 0 Å². The number of amides is 1. The summed E-state index contributed by atoms with van der Waals surface area (Å²) in [6.45, 7) is 0.491. The van der Waals surface area contributed by atoms with E-state index in [9.17, 15) is 4.79 Å². The van der Waals surface area contributed by atoms with Gasteiger partial charge >= 0.3 is 0 Å². The number of hydrogen-bond donors (Lipinski definition) is 2. The van der Waals surface area contributed by atoms with Crippen LogP contribution in [-0.4, -0.2) is 15.9 Å². The normalized spacial score (nSPS) is 10.1. The highest BCUT2D eigenvalue weighted by Crippen LogP contribution is 2.12. The number of rotatable bonds is 5. The van der Waals surface area contributed by atoms with E-state index in [1.165, 1.54) is 0 Å². The van der Waals surface area contributed by atoms with Crippen molar-refractivity contribution >= 4 is 17.5 Å². The van der Waals surface area contributed by atoms with Crippen LogP contribution >= 0.6 is 0 Å². The molecule has 1 aromatic carbocycles. The van der Waals surface area contributed by atoms with Crippen LogP contribution in [-0.2, 0) is 6.54 Å². The first kappa shape index (κ1) is 14.7. The standard InChI is InChI=1S/C18H16N4O/c23-18(21-13-14-6-2-1-3-7-14)15-9-11-20-17(12-15)22-16-8-4-5-10-19-16/h1-12H,13H2,(H,21,23)(H,19,20,22).